The predicted molar refractivity (Wildman–Crippen MR) is 104 cm³/mol. The molecule has 0 aliphatic carbocycles. The molecule has 8 heteroatoms. The maximum Gasteiger partial charge on any atom is 0.426 e. The lowest BCUT2D eigenvalue weighted by Gasteiger charge is -2.17. The molecule has 0 N–H and O–H groups in total. The van der Waals surface area contributed by atoms with Crippen molar-refractivity contribution in [1.82, 2.24) is 4.31 Å². The van der Waals surface area contributed by atoms with Crippen LogP contribution in [0.3, 0.4) is 0 Å². The molecule has 0 bridgehead atoms. The lowest BCUT2D eigenvalue weighted by molar-refractivity contribution is 0.145. The molecule has 27 heavy (non-hydrogen) atoms. The SMILES string of the molecule is Cc1cc(C)c(OS(=O)(=O)N2CC(CSc3ccccc3)OC2=O)c(C)c1. The third kappa shape index (κ3) is 4.56. The summed E-state index contributed by atoms with van der Waals surface area (Å²) in [4.78, 5) is 13.1. The molecule has 0 saturated carbocycles. The molecule has 1 unspecified atom stereocenters. The molecule has 0 aromatic heterocycles. The van der Waals surface area contributed by atoms with E-state index in [-0.39, 0.29) is 12.3 Å². The standard InChI is InChI=1S/C19H21NO5S2/c1-13-9-14(2)18(15(3)10-13)25-27(22,23)20-11-16(24-19(20)21)12-26-17-7-5-4-6-8-17/h4-10,16H,11-12H2,1-3H3. The highest BCUT2D eigenvalue weighted by atomic mass is 32.2. The third-order valence-corrected chi connectivity index (χ3v) is 6.44. The van der Waals surface area contributed by atoms with E-state index in [1.165, 1.54) is 11.8 Å². The first-order valence-corrected chi connectivity index (χ1v) is 10.8. The second kappa shape index (κ2) is 7.82. The highest BCUT2D eigenvalue weighted by molar-refractivity contribution is 7.99. The molecule has 1 fully saturated rings. The largest absolute Gasteiger partial charge is 0.442 e. The van der Waals surface area contributed by atoms with Gasteiger partial charge < -0.3 is 8.92 Å². The van der Waals surface area contributed by atoms with Crippen LogP contribution in [0.1, 0.15) is 16.7 Å². The summed E-state index contributed by atoms with van der Waals surface area (Å²) in [6.07, 6.45) is -1.43. The molecule has 1 aliphatic heterocycles. The Morgan fingerprint density at radius 2 is 1.78 bits per heavy atom. The predicted octanol–water partition coefficient (Wildman–Crippen LogP) is 3.85. The Hall–Kier alpha value is -2.19. The van der Waals surface area contributed by atoms with Crippen molar-refractivity contribution in [2.75, 3.05) is 12.3 Å². The molecule has 1 heterocycles. The number of benzene rings is 2. The van der Waals surface area contributed by atoms with Gasteiger partial charge in [0.25, 0.3) is 0 Å². The van der Waals surface area contributed by atoms with Crippen molar-refractivity contribution in [3.05, 3.63) is 59.2 Å². The summed E-state index contributed by atoms with van der Waals surface area (Å²) in [5.41, 5.74) is 2.40. The maximum atomic E-state index is 12.6. The van der Waals surface area contributed by atoms with Crippen LogP contribution in [0.2, 0.25) is 0 Å². The normalized spacial score (nSPS) is 17.1. The number of nitrogens with zero attached hydrogens (tertiary/aromatic N) is 1. The Morgan fingerprint density at radius 3 is 2.41 bits per heavy atom. The van der Waals surface area contributed by atoms with Gasteiger partial charge in [0.15, 0.2) is 0 Å². The summed E-state index contributed by atoms with van der Waals surface area (Å²) in [5.74, 6) is 0.709. The minimum Gasteiger partial charge on any atom is -0.442 e. The topological polar surface area (TPSA) is 72.9 Å². The molecule has 1 amide bonds. The molecule has 3 rings (SSSR count). The summed E-state index contributed by atoms with van der Waals surface area (Å²) in [6, 6.07) is 13.3. The fraction of sp³-hybridized carbons (Fsp3) is 0.316. The van der Waals surface area contributed by atoms with E-state index in [1.807, 2.05) is 49.4 Å². The van der Waals surface area contributed by atoms with Crippen LogP contribution >= 0.6 is 11.8 Å². The number of hydrogen-bond acceptors (Lipinski definition) is 6. The van der Waals surface area contributed by atoms with E-state index in [0.29, 0.717) is 21.2 Å². The number of ether oxygens (including phenoxy) is 1. The van der Waals surface area contributed by atoms with Crippen molar-refractivity contribution >= 4 is 28.2 Å². The Labute approximate surface area is 163 Å². The van der Waals surface area contributed by atoms with Crippen LogP contribution in [0, 0.1) is 20.8 Å². The number of carbonyl (C=O) groups is 1. The van der Waals surface area contributed by atoms with Crippen molar-refractivity contribution in [2.24, 2.45) is 0 Å². The molecule has 144 valence electrons. The quantitative estimate of drug-likeness (QED) is 0.677. The summed E-state index contributed by atoms with van der Waals surface area (Å²) in [6.45, 7) is 5.40. The number of rotatable bonds is 6. The lowest BCUT2D eigenvalue weighted by Crippen LogP contribution is -2.36. The minimum absolute atomic E-state index is 0.0645. The summed E-state index contributed by atoms with van der Waals surface area (Å²) < 4.78 is 36.4. The molecule has 0 radical (unpaired) electrons. The third-order valence-electron chi connectivity index (χ3n) is 4.08. The summed E-state index contributed by atoms with van der Waals surface area (Å²) in [7, 11) is -4.29. The Kier molecular flexibility index (Phi) is 5.67. The molecule has 0 spiro atoms. The van der Waals surface area contributed by atoms with Gasteiger partial charge in [-0.25, -0.2) is 4.79 Å². The van der Waals surface area contributed by atoms with Crippen LogP contribution < -0.4 is 4.18 Å². The van der Waals surface area contributed by atoms with E-state index in [1.54, 1.807) is 13.8 Å². The molecule has 1 atom stereocenters. The van der Waals surface area contributed by atoms with E-state index in [2.05, 4.69) is 0 Å². The highest BCUT2D eigenvalue weighted by Gasteiger charge is 2.41. The Balaban J connectivity index is 1.69. The van der Waals surface area contributed by atoms with Gasteiger partial charge in [-0.3, -0.25) is 0 Å². The van der Waals surface area contributed by atoms with Gasteiger partial charge in [-0.2, -0.15) is 12.7 Å². The molecule has 6 nitrogen and oxygen atoms in total. The van der Waals surface area contributed by atoms with Crippen LogP contribution in [0.5, 0.6) is 5.75 Å². The monoisotopic (exact) mass is 407 g/mol. The van der Waals surface area contributed by atoms with Crippen molar-refractivity contribution in [3.8, 4) is 5.75 Å². The number of cyclic esters (lactones) is 1. The average Bonchev–Trinajstić information content (AvgIpc) is 2.99. The smallest absolute Gasteiger partial charge is 0.426 e. The first kappa shape index (κ1) is 19.6. The van der Waals surface area contributed by atoms with E-state index in [0.717, 1.165) is 10.5 Å². The Morgan fingerprint density at radius 1 is 1.15 bits per heavy atom. The van der Waals surface area contributed by atoms with Crippen LogP contribution in [0.4, 0.5) is 4.79 Å². The highest BCUT2D eigenvalue weighted by Crippen LogP contribution is 2.29. The molecule has 1 saturated heterocycles. The number of carbonyl (C=O) groups excluding carboxylic acids is 1. The van der Waals surface area contributed by atoms with Gasteiger partial charge in [-0.05, 0) is 44.0 Å². The van der Waals surface area contributed by atoms with Crippen LogP contribution in [-0.2, 0) is 15.0 Å². The van der Waals surface area contributed by atoms with Gasteiger partial charge in [0.2, 0.25) is 0 Å². The fourth-order valence-electron chi connectivity index (χ4n) is 2.92. The lowest BCUT2D eigenvalue weighted by atomic mass is 10.1. The maximum absolute atomic E-state index is 12.6. The number of hydrogen-bond donors (Lipinski definition) is 0. The molecular weight excluding hydrogens is 386 g/mol. The minimum atomic E-state index is -4.29. The summed E-state index contributed by atoms with van der Waals surface area (Å²) >= 11 is 1.50. The van der Waals surface area contributed by atoms with Gasteiger partial charge in [-0.15, -0.1) is 11.8 Å². The van der Waals surface area contributed by atoms with Crippen molar-refractivity contribution in [3.63, 3.8) is 0 Å². The molecule has 2 aromatic rings. The van der Waals surface area contributed by atoms with Crippen molar-refractivity contribution in [1.29, 1.82) is 0 Å². The summed E-state index contributed by atoms with van der Waals surface area (Å²) in [5, 5.41) is 0. The average molecular weight is 408 g/mol. The number of thioether (sulfide) groups is 1. The van der Waals surface area contributed by atoms with Gasteiger partial charge in [0.05, 0.1) is 6.54 Å². The van der Waals surface area contributed by atoms with Crippen molar-refractivity contribution < 1.29 is 22.1 Å². The van der Waals surface area contributed by atoms with Gasteiger partial charge in [-0.1, -0.05) is 35.9 Å². The zero-order chi connectivity index (χ0) is 19.6. The molecular formula is C19H21NO5S2. The van der Waals surface area contributed by atoms with Crippen LogP contribution in [-0.4, -0.2) is 37.2 Å². The molecule has 2 aromatic carbocycles. The first-order valence-electron chi connectivity index (χ1n) is 8.45. The van der Waals surface area contributed by atoms with E-state index < -0.39 is 22.5 Å². The zero-order valence-corrected chi connectivity index (χ0v) is 17.0. The molecule has 1 aliphatic rings. The van der Waals surface area contributed by atoms with Crippen LogP contribution in [0.15, 0.2) is 47.4 Å². The van der Waals surface area contributed by atoms with E-state index >= 15 is 0 Å². The van der Waals surface area contributed by atoms with E-state index in [4.69, 9.17) is 8.92 Å². The van der Waals surface area contributed by atoms with Crippen LogP contribution in [0.25, 0.3) is 0 Å². The second-order valence-corrected chi connectivity index (χ2v) is 8.99. The van der Waals surface area contributed by atoms with E-state index in [9.17, 15) is 13.2 Å². The van der Waals surface area contributed by atoms with Crippen molar-refractivity contribution in [2.45, 2.75) is 31.8 Å². The zero-order valence-electron chi connectivity index (χ0n) is 15.3. The van der Waals surface area contributed by atoms with Gasteiger partial charge >= 0.3 is 16.4 Å². The number of amides is 1. The number of aryl methyl sites for hydroxylation is 3. The fourth-order valence-corrected chi connectivity index (χ4v) is 4.96. The van der Waals surface area contributed by atoms with Gasteiger partial charge in [0, 0.05) is 10.6 Å². The first-order chi connectivity index (χ1) is 12.8. The Bertz CT molecular complexity index is 921. The van der Waals surface area contributed by atoms with Gasteiger partial charge in [0.1, 0.15) is 11.9 Å². The second-order valence-electron chi connectivity index (χ2n) is 6.43.